The van der Waals surface area contributed by atoms with Crippen molar-refractivity contribution >= 4 is 27.6 Å². The molecule has 3 aromatic rings. The number of aryl methyl sites for hydroxylation is 1. The summed E-state index contributed by atoms with van der Waals surface area (Å²) in [5.41, 5.74) is 0.823. The molecule has 4 rings (SSSR count). The number of carbonyl (C=O) groups excluding carboxylic acids is 3. The van der Waals surface area contributed by atoms with Crippen LogP contribution in [0.4, 0.5) is 4.39 Å². The maximum atomic E-state index is 13.5. The Hall–Kier alpha value is -3.99. The summed E-state index contributed by atoms with van der Waals surface area (Å²) < 4.78 is 45.5. The van der Waals surface area contributed by atoms with E-state index < -0.39 is 32.8 Å². The second-order valence-corrected chi connectivity index (χ2v) is 10.3. The van der Waals surface area contributed by atoms with Gasteiger partial charge in [0.25, 0.3) is 17.7 Å². The van der Waals surface area contributed by atoms with E-state index in [1.807, 2.05) is 0 Å². The van der Waals surface area contributed by atoms with Crippen molar-refractivity contribution in [3.05, 3.63) is 89.6 Å². The summed E-state index contributed by atoms with van der Waals surface area (Å²) in [4.78, 5) is 41.5. The topological polar surface area (TPSA) is 117 Å². The Morgan fingerprint density at radius 2 is 1.56 bits per heavy atom. The maximum Gasteiger partial charge on any atom is 0.289 e. The number of nitrogens with one attached hydrogen (secondary N) is 1. The number of nitrogens with zero attached hydrogens (tertiary/aromatic N) is 2. The van der Waals surface area contributed by atoms with Crippen molar-refractivity contribution in [2.45, 2.75) is 17.2 Å². The van der Waals surface area contributed by atoms with Crippen LogP contribution >= 0.6 is 0 Å². The molecule has 1 fully saturated rings. The van der Waals surface area contributed by atoms with Gasteiger partial charge < -0.3 is 19.5 Å². The zero-order valence-electron chi connectivity index (χ0n) is 19.4. The summed E-state index contributed by atoms with van der Waals surface area (Å²) in [6.07, 6.45) is 1.38. The molecular formula is C25H24FN3O6S. The lowest BCUT2D eigenvalue weighted by Gasteiger charge is -2.36. The predicted molar refractivity (Wildman–Crippen MR) is 127 cm³/mol. The molecule has 0 saturated carbocycles. The second kappa shape index (κ2) is 10.3. The third-order valence-electron chi connectivity index (χ3n) is 5.94. The van der Waals surface area contributed by atoms with Crippen LogP contribution in [-0.2, 0) is 14.6 Å². The highest BCUT2D eigenvalue weighted by molar-refractivity contribution is 7.92. The molecule has 0 bridgehead atoms. The Balaban J connectivity index is 1.58. The molecule has 3 amide bonds. The molecule has 1 aromatic heterocycles. The first-order valence-electron chi connectivity index (χ1n) is 11.2. The maximum absolute atomic E-state index is 13.5. The van der Waals surface area contributed by atoms with Crippen LogP contribution in [0, 0.1) is 12.7 Å². The van der Waals surface area contributed by atoms with E-state index in [1.165, 1.54) is 28.2 Å². The van der Waals surface area contributed by atoms with E-state index in [-0.39, 0.29) is 48.3 Å². The van der Waals surface area contributed by atoms with Crippen molar-refractivity contribution in [2.24, 2.45) is 0 Å². The van der Waals surface area contributed by atoms with Crippen LogP contribution < -0.4 is 5.32 Å². The molecule has 1 aliphatic rings. The minimum absolute atomic E-state index is 0.0565. The fourth-order valence-electron chi connectivity index (χ4n) is 3.91. The Kier molecular flexibility index (Phi) is 7.20. The number of rotatable bonds is 6. The van der Waals surface area contributed by atoms with E-state index in [1.54, 1.807) is 31.2 Å². The Bertz CT molecular complexity index is 1370. The van der Waals surface area contributed by atoms with Gasteiger partial charge in [0, 0.05) is 31.7 Å². The molecule has 0 unspecified atom stereocenters. The number of hydrogen-bond donors (Lipinski definition) is 1. The van der Waals surface area contributed by atoms with Crippen molar-refractivity contribution in [1.29, 1.82) is 0 Å². The smallest absolute Gasteiger partial charge is 0.289 e. The fourth-order valence-corrected chi connectivity index (χ4v) is 5.37. The van der Waals surface area contributed by atoms with Crippen LogP contribution in [0.2, 0.25) is 0 Å². The van der Waals surface area contributed by atoms with Gasteiger partial charge in [0.2, 0.25) is 15.2 Å². The van der Waals surface area contributed by atoms with Crippen molar-refractivity contribution in [2.75, 3.05) is 26.2 Å². The monoisotopic (exact) mass is 513 g/mol. The van der Waals surface area contributed by atoms with Crippen LogP contribution in [0.5, 0.6) is 0 Å². The summed E-state index contributed by atoms with van der Waals surface area (Å²) in [6, 6.07) is 13.7. The Morgan fingerprint density at radius 3 is 2.17 bits per heavy atom. The summed E-state index contributed by atoms with van der Waals surface area (Å²) in [5, 5.41) is 0.431. The van der Waals surface area contributed by atoms with E-state index >= 15 is 0 Å². The third-order valence-corrected chi connectivity index (χ3v) is 7.81. The van der Waals surface area contributed by atoms with Gasteiger partial charge in [0.1, 0.15) is 5.82 Å². The van der Waals surface area contributed by atoms with Crippen molar-refractivity contribution < 1.29 is 31.6 Å². The van der Waals surface area contributed by atoms with Crippen molar-refractivity contribution in [3.8, 4) is 0 Å². The van der Waals surface area contributed by atoms with Gasteiger partial charge in [-0.15, -0.1) is 0 Å². The van der Waals surface area contributed by atoms with E-state index in [9.17, 15) is 27.2 Å². The Labute approximate surface area is 207 Å². The van der Waals surface area contributed by atoms with Gasteiger partial charge in [0.05, 0.1) is 11.2 Å². The van der Waals surface area contributed by atoms with E-state index in [2.05, 4.69) is 5.32 Å². The number of piperazine rings is 1. The number of furan rings is 1. The average Bonchev–Trinajstić information content (AvgIpc) is 3.42. The molecular weight excluding hydrogens is 489 g/mol. The molecule has 1 atom stereocenters. The van der Waals surface area contributed by atoms with Crippen LogP contribution in [0.1, 0.15) is 26.5 Å². The lowest BCUT2D eigenvalue weighted by atomic mass is 10.1. The standard InChI is InChI=1S/C25H24FN3O6S/c1-17-5-2-3-6-20(17)22(30)27-23(36(33,34)19-10-8-18(26)9-11-19)25(32)29-14-12-28(13-15-29)24(31)21-7-4-16-35-21/h2-11,16,23H,12-15H2,1H3,(H,27,30)/t23-/m1/s1. The molecule has 1 aliphatic heterocycles. The van der Waals surface area contributed by atoms with Gasteiger partial charge in [-0.1, -0.05) is 18.2 Å². The molecule has 0 aliphatic carbocycles. The number of hydrogen-bond acceptors (Lipinski definition) is 6. The predicted octanol–water partition coefficient (Wildman–Crippen LogP) is 2.24. The van der Waals surface area contributed by atoms with Crippen molar-refractivity contribution in [1.82, 2.24) is 15.1 Å². The first kappa shape index (κ1) is 25.1. The van der Waals surface area contributed by atoms with Gasteiger partial charge in [-0.05, 0) is 55.0 Å². The lowest BCUT2D eigenvalue weighted by molar-refractivity contribution is -0.132. The first-order valence-corrected chi connectivity index (χ1v) is 12.7. The zero-order chi connectivity index (χ0) is 25.9. The van der Waals surface area contributed by atoms with Gasteiger partial charge in [-0.3, -0.25) is 14.4 Å². The molecule has 11 heteroatoms. The van der Waals surface area contributed by atoms with E-state index in [0.29, 0.717) is 5.56 Å². The minimum atomic E-state index is -4.43. The van der Waals surface area contributed by atoms with Gasteiger partial charge >= 0.3 is 0 Å². The average molecular weight is 514 g/mol. The number of halogens is 1. The number of amides is 3. The quantitative estimate of drug-likeness (QED) is 0.506. The molecule has 0 radical (unpaired) electrons. The lowest BCUT2D eigenvalue weighted by Crippen LogP contribution is -2.57. The van der Waals surface area contributed by atoms with Crippen LogP contribution in [-0.4, -0.2) is 67.5 Å². The van der Waals surface area contributed by atoms with Crippen molar-refractivity contribution in [3.63, 3.8) is 0 Å². The highest BCUT2D eigenvalue weighted by Gasteiger charge is 2.40. The molecule has 9 nitrogen and oxygen atoms in total. The van der Waals surface area contributed by atoms with Gasteiger partial charge in [0.15, 0.2) is 5.76 Å². The molecule has 36 heavy (non-hydrogen) atoms. The normalized spacial score (nSPS) is 14.8. The highest BCUT2D eigenvalue weighted by atomic mass is 32.2. The van der Waals surface area contributed by atoms with Gasteiger partial charge in [-0.25, -0.2) is 12.8 Å². The highest BCUT2D eigenvalue weighted by Crippen LogP contribution is 2.20. The zero-order valence-corrected chi connectivity index (χ0v) is 20.2. The summed E-state index contributed by atoms with van der Waals surface area (Å²) in [6.45, 7) is 2.11. The third kappa shape index (κ3) is 5.15. The Morgan fingerprint density at radius 1 is 0.917 bits per heavy atom. The molecule has 2 heterocycles. The number of carbonyl (C=O) groups is 3. The van der Waals surface area contributed by atoms with Gasteiger partial charge in [-0.2, -0.15) is 0 Å². The summed E-state index contributed by atoms with van der Waals surface area (Å²) in [7, 11) is -4.43. The van der Waals surface area contributed by atoms with Crippen LogP contribution in [0.15, 0.2) is 76.2 Å². The second-order valence-electron chi connectivity index (χ2n) is 8.26. The largest absolute Gasteiger partial charge is 0.459 e. The number of sulfone groups is 1. The van der Waals surface area contributed by atoms with E-state index in [0.717, 1.165) is 24.3 Å². The molecule has 0 spiro atoms. The molecule has 1 saturated heterocycles. The summed E-state index contributed by atoms with van der Waals surface area (Å²) in [5.74, 6) is -2.39. The van der Waals surface area contributed by atoms with Crippen LogP contribution in [0.25, 0.3) is 0 Å². The molecule has 1 N–H and O–H groups in total. The minimum Gasteiger partial charge on any atom is -0.459 e. The summed E-state index contributed by atoms with van der Waals surface area (Å²) >= 11 is 0. The fraction of sp³-hybridized carbons (Fsp3) is 0.240. The van der Waals surface area contributed by atoms with Crippen LogP contribution in [0.3, 0.4) is 0 Å². The molecule has 188 valence electrons. The molecule has 2 aromatic carbocycles. The first-order chi connectivity index (χ1) is 17.2. The number of benzene rings is 2. The van der Waals surface area contributed by atoms with E-state index in [4.69, 9.17) is 4.42 Å². The SMILES string of the molecule is Cc1ccccc1C(=O)N[C@@H](C(=O)N1CCN(C(=O)c2ccco2)CC1)S(=O)(=O)c1ccc(F)cc1.